The van der Waals surface area contributed by atoms with E-state index in [0.29, 0.717) is 28.3 Å². The number of rotatable bonds is 4. The Bertz CT molecular complexity index is 659. The number of imidazole rings is 1. The monoisotopic (exact) mass is 281 g/mol. The van der Waals surface area contributed by atoms with Crippen molar-refractivity contribution in [3.63, 3.8) is 0 Å². The highest BCUT2D eigenvalue weighted by Gasteiger charge is 2.13. The summed E-state index contributed by atoms with van der Waals surface area (Å²) >= 11 is 4.96. The van der Waals surface area contributed by atoms with Gasteiger partial charge in [0.05, 0.1) is 16.6 Å². The summed E-state index contributed by atoms with van der Waals surface area (Å²) in [6, 6.07) is 2.53. The van der Waals surface area contributed by atoms with Gasteiger partial charge in [0, 0.05) is 6.54 Å². The third kappa shape index (κ3) is 3.20. The van der Waals surface area contributed by atoms with Gasteiger partial charge in [0.25, 0.3) is 5.91 Å². The molecule has 0 radical (unpaired) electrons. The van der Waals surface area contributed by atoms with Gasteiger partial charge in [-0.15, -0.1) is 0 Å². The molecule has 102 valence electrons. The van der Waals surface area contributed by atoms with Gasteiger partial charge in [-0.25, -0.2) is 4.39 Å². The van der Waals surface area contributed by atoms with E-state index in [1.54, 1.807) is 0 Å². The predicted octanol–water partition coefficient (Wildman–Crippen LogP) is 3.14. The van der Waals surface area contributed by atoms with E-state index >= 15 is 0 Å². The summed E-state index contributed by atoms with van der Waals surface area (Å²) in [5.74, 6) is -0.256. The Morgan fingerprint density at radius 2 is 2.16 bits per heavy atom. The lowest BCUT2D eigenvalue weighted by Gasteiger charge is -2.08. The van der Waals surface area contributed by atoms with Crippen molar-refractivity contribution >= 4 is 29.2 Å². The molecule has 0 aliphatic carbocycles. The number of fused-ring (bicyclic) bond motifs is 1. The predicted molar refractivity (Wildman–Crippen MR) is 75.2 cm³/mol. The fourth-order valence-corrected chi connectivity index (χ4v) is 2.07. The SMILES string of the molecule is CC(C)CCNC(=O)c1cc(F)cc2[nH]c(=S)[nH]c12. The number of halogens is 1. The van der Waals surface area contributed by atoms with Gasteiger partial charge in [0.15, 0.2) is 4.77 Å². The van der Waals surface area contributed by atoms with Crippen molar-refractivity contribution in [1.82, 2.24) is 15.3 Å². The molecule has 0 bridgehead atoms. The van der Waals surface area contributed by atoms with Crippen LogP contribution in [0.5, 0.6) is 0 Å². The highest BCUT2D eigenvalue weighted by atomic mass is 32.1. The third-order valence-corrected chi connectivity index (χ3v) is 3.05. The minimum absolute atomic E-state index is 0.270. The van der Waals surface area contributed by atoms with Gasteiger partial charge in [0.1, 0.15) is 5.82 Å². The Labute approximate surface area is 115 Å². The second-order valence-electron chi connectivity index (χ2n) is 4.89. The van der Waals surface area contributed by atoms with Crippen LogP contribution in [0.1, 0.15) is 30.6 Å². The van der Waals surface area contributed by atoms with Crippen LogP contribution in [0, 0.1) is 16.5 Å². The Morgan fingerprint density at radius 3 is 2.84 bits per heavy atom. The van der Waals surface area contributed by atoms with Crippen molar-refractivity contribution in [1.29, 1.82) is 0 Å². The van der Waals surface area contributed by atoms with Crippen molar-refractivity contribution in [2.75, 3.05) is 6.54 Å². The van der Waals surface area contributed by atoms with Crippen molar-refractivity contribution in [2.45, 2.75) is 20.3 Å². The molecule has 1 amide bonds. The summed E-state index contributed by atoms with van der Waals surface area (Å²) in [6.45, 7) is 4.73. The quantitative estimate of drug-likeness (QED) is 0.754. The van der Waals surface area contributed by atoms with Crippen molar-refractivity contribution in [3.05, 3.63) is 28.3 Å². The largest absolute Gasteiger partial charge is 0.352 e. The number of benzene rings is 1. The summed E-state index contributed by atoms with van der Waals surface area (Å²) in [4.78, 5) is 17.7. The van der Waals surface area contributed by atoms with Crippen LogP contribution < -0.4 is 5.32 Å². The molecule has 0 atom stereocenters. The number of aromatic nitrogens is 2. The lowest BCUT2D eigenvalue weighted by atomic mass is 10.1. The van der Waals surface area contributed by atoms with Crippen molar-refractivity contribution < 1.29 is 9.18 Å². The fraction of sp³-hybridized carbons (Fsp3) is 0.385. The average Bonchev–Trinajstić information content (AvgIpc) is 2.67. The number of hydrogen-bond donors (Lipinski definition) is 3. The number of amides is 1. The Hall–Kier alpha value is -1.69. The van der Waals surface area contributed by atoms with Gasteiger partial charge >= 0.3 is 0 Å². The first kappa shape index (κ1) is 13.7. The van der Waals surface area contributed by atoms with Crippen molar-refractivity contribution in [2.24, 2.45) is 5.92 Å². The van der Waals surface area contributed by atoms with E-state index in [2.05, 4.69) is 29.1 Å². The lowest BCUT2D eigenvalue weighted by Crippen LogP contribution is -2.25. The minimum Gasteiger partial charge on any atom is -0.352 e. The van der Waals surface area contributed by atoms with E-state index in [1.165, 1.54) is 12.1 Å². The maximum atomic E-state index is 13.5. The molecule has 0 saturated heterocycles. The molecular formula is C13H16FN3OS. The lowest BCUT2D eigenvalue weighted by molar-refractivity contribution is 0.0953. The molecule has 6 heteroatoms. The molecule has 0 aliphatic rings. The first-order valence-corrected chi connectivity index (χ1v) is 6.58. The van der Waals surface area contributed by atoms with Crippen LogP contribution in [0.2, 0.25) is 0 Å². The summed E-state index contributed by atoms with van der Waals surface area (Å²) < 4.78 is 13.8. The summed E-state index contributed by atoms with van der Waals surface area (Å²) in [5, 5.41) is 2.79. The molecule has 0 unspecified atom stereocenters. The number of carbonyl (C=O) groups is 1. The summed E-state index contributed by atoms with van der Waals surface area (Å²) in [5.41, 5.74) is 1.30. The first-order valence-electron chi connectivity index (χ1n) is 6.17. The maximum Gasteiger partial charge on any atom is 0.253 e. The molecule has 1 aromatic heterocycles. The van der Waals surface area contributed by atoms with E-state index < -0.39 is 5.82 Å². The molecule has 0 spiro atoms. The van der Waals surface area contributed by atoms with E-state index in [9.17, 15) is 9.18 Å². The second kappa shape index (κ2) is 5.52. The minimum atomic E-state index is -0.466. The van der Waals surface area contributed by atoms with Crippen LogP contribution in [0.4, 0.5) is 4.39 Å². The zero-order chi connectivity index (χ0) is 14.0. The zero-order valence-corrected chi connectivity index (χ0v) is 11.7. The molecule has 2 rings (SSSR count). The van der Waals surface area contributed by atoms with Gasteiger partial charge in [-0.1, -0.05) is 13.8 Å². The van der Waals surface area contributed by atoms with E-state index in [0.717, 1.165) is 6.42 Å². The highest BCUT2D eigenvalue weighted by Crippen LogP contribution is 2.17. The number of carbonyl (C=O) groups excluding carboxylic acids is 1. The van der Waals surface area contributed by atoms with Gasteiger partial charge in [0.2, 0.25) is 0 Å². The Morgan fingerprint density at radius 1 is 1.42 bits per heavy atom. The van der Waals surface area contributed by atoms with E-state index in [1.807, 2.05) is 0 Å². The van der Waals surface area contributed by atoms with Crippen LogP contribution in [-0.4, -0.2) is 22.4 Å². The first-order chi connectivity index (χ1) is 8.97. The van der Waals surface area contributed by atoms with Crippen molar-refractivity contribution in [3.8, 4) is 0 Å². The molecule has 4 nitrogen and oxygen atoms in total. The molecule has 0 saturated carbocycles. The fourth-order valence-electron chi connectivity index (χ4n) is 1.86. The smallest absolute Gasteiger partial charge is 0.253 e. The highest BCUT2D eigenvalue weighted by molar-refractivity contribution is 7.71. The second-order valence-corrected chi connectivity index (χ2v) is 5.30. The number of hydrogen-bond acceptors (Lipinski definition) is 2. The number of H-pyrrole nitrogens is 2. The van der Waals surface area contributed by atoms with Gasteiger partial charge in [-0.2, -0.15) is 0 Å². The van der Waals surface area contributed by atoms with Crippen LogP contribution >= 0.6 is 12.2 Å². The van der Waals surface area contributed by atoms with E-state index in [4.69, 9.17) is 12.2 Å². The molecule has 2 aromatic rings. The van der Waals surface area contributed by atoms with Gasteiger partial charge < -0.3 is 15.3 Å². The average molecular weight is 281 g/mol. The van der Waals surface area contributed by atoms with Gasteiger partial charge in [-0.05, 0) is 36.7 Å². The number of nitrogens with one attached hydrogen (secondary N) is 3. The zero-order valence-electron chi connectivity index (χ0n) is 10.8. The molecule has 0 aliphatic heterocycles. The Kier molecular flexibility index (Phi) is 3.99. The Balaban J connectivity index is 2.28. The maximum absolute atomic E-state index is 13.5. The normalized spacial score (nSPS) is 11.2. The van der Waals surface area contributed by atoms with E-state index in [-0.39, 0.29) is 11.5 Å². The van der Waals surface area contributed by atoms with Crippen LogP contribution in [-0.2, 0) is 0 Å². The topological polar surface area (TPSA) is 60.7 Å². The summed E-state index contributed by atoms with van der Waals surface area (Å²) in [6.07, 6.45) is 0.882. The molecule has 1 heterocycles. The van der Waals surface area contributed by atoms with Gasteiger partial charge in [-0.3, -0.25) is 4.79 Å². The molecular weight excluding hydrogens is 265 g/mol. The number of aromatic amines is 2. The van der Waals surface area contributed by atoms with Crippen LogP contribution in [0.15, 0.2) is 12.1 Å². The van der Waals surface area contributed by atoms with Crippen LogP contribution in [0.25, 0.3) is 11.0 Å². The molecule has 0 fully saturated rings. The summed E-state index contributed by atoms with van der Waals surface area (Å²) in [7, 11) is 0. The molecule has 19 heavy (non-hydrogen) atoms. The third-order valence-electron chi connectivity index (χ3n) is 2.84. The molecule has 1 aromatic carbocycles. The standard InChI is InChI=1S/C13H16FN3OS/c1-7(2)3-4-15-12(18)9-5-8(14)6-10-11(9)17-13(19)16-10/h5-7H,3-4H2,1-2H3,(H,15,18)(H2,16,17,19). The van der Waals surface area contributed by atoms with Crippen LogP contribution in [0.3, 0.4) is 0 Å². The molecule has 3 N–H and O–H groups in total.